The van der Waals surface area contributed by atoms with Crippen molar-refractivity contribution in [3.8, 4) is 0 Å². The molecule has 0 radical (unpaired) electrons. The number of carboxylic acid groups (broad SMARTS) is 1. The molecule has 0 heterocycles. The monoisotopic (exact) mass is 1110 g/mol. The predicted octanol–water partition coefficient (Wildman–Crippen LogP) is 11.6. The van der Waals surface area contributed by atoms with E-state index >= 15 is 0 Å². The summed E-state index contributed by atoms with van der Waals surface area (Å²) in [7, 11) is 4.04. The maximum absolute atomic E-state index is 11.4. The quantitative estimate of drug-likeness (QED) is 0.0650. The van der Waals surface area contributed by atoms with Crippen LogP contribution in [0, 0.1) is 34.6 Å². The zero-order chi connectivity index (χ0) is 51.5. The number of ether oxygens (including phenoxy) is 3. The van der Waals surface area contributed by atoms with E-state index in [9.17, 15) is 24.0 Å². The van der Waals surface area contributed by atoms with E-state index in [4.69, 9.17) is 63.1 Å². The molecule has 0 aliphatic heterocycles. The zero-order valence-corrected chi connectivity index (χ0v) is 46.1. The second kappa shape index (κ2) is 36.5. The first kappa shape index (κ1) is 67.7. The molecule has 0 saturated carbocycles. The topological polar surface area (TPSA) is 163 Å². The molecule has 6 rings (SSSR count). The van der Waals surface area contributed by atoms with Crippen LogP contribution in [0.25, 0.3) is 6.08 Å². The van der Waals surface area contributed by atoms with Crippen molar-refractivity contribution in [2.24, 2.45) is 0 Å². The van der Waals surface area contributed by atoms with Gasteiger partial charge in [0.05, 0.1) is 26.4 Å². The number of carbonyl (C=O) groups is 5. The Kier molecular flexibility index (Phi) is 35.3. The Labute approximate surface area is 457 Å². The van der Waals surface area contributed by atoms with Crippen LogP contribution < -0.4 is 18.9 Å². The van der Waals surface area contributed by atoms with Crippen molar-refractivity contribution < 1.29 is 67.6 Å². The molecule has 0 spiro atoms. The Hall–Kier alpha value is -4.38. The summed E-state index contributed by atoms with van der Waals surface area (Å²) < 4.78 is 14.1. The van der Waals surface area contributed by atoms with Crippen molar-refractivity contribution in [2.75, 3.05) is 21.3 Å². The molecule has 17 heteroatoms. The number of esters is 3. The Morgan fingerprint density at radius 1 is 0.629 bits per heavy atom. The molecule has 0 amide bonds. The Balaban J connectivity index is 0. The number of methoxy groups -OCH3 is 3. The van der Waals surface area contributed by atoms with E-state index < -0.39 is 11.9 Å². The fourth-order valence-corrected chi connectivity index (χ4v) is 7.27. The third-order valence-corrected chi connectivity index (χ3v) is 12.0. The second-order valence-corrected chi connectivity index (χ2v) is 17.7. The summed E-state index contributed by atoms with van der Waals surface area (Å²) in [5.41, 5.74) is 10.2. The number of carbonyl (C=O) groups excluding carboxylic acids is 4. The van der Waals surface area contributed by atoms with Gasteiger partial charge in [-0.3, -0.25) is 14.4 Å². The SMILES string of the molecule is C=CC(=O)OC.COC(=O)/C=C/c1cc(C)ccc1Cl.COC(=O)CCc1cc(C)ccc1Cl.Cc1ccc(Cl)c(Br)c1.Cc1ccc(Cl)c(CCC(=O)O)c1.Cc1ccc(Cl)c2c1C(=O)CC2.[Li+].[OH-]. The van der Waals surface area contributed by atoms with Crippen molar-refractivity contribution in [3.05, 3.63) is 189 Å². The summed E-state index contributed by atoms with van der Waals surface area (Å²) in [4.78, 5) is 53.3. The molecule has 0 atom stereocenters. The summed E-state index contributed by atoms with van der Waals surface area (Å²) in [5.74, 6) is -1.54. The third-order valence-electron chi connectivity index (χ3n) is 9.38. The van der Waals surface area contributed by atoms with Crippen LogP contribution in [0.15, 0.2) is 108 Å². The van der Waals surface area contributed by atoms with Crippen LogP contribution in [-0.2, 0) is 52.7 Å². The van der Waals surface area contributed by atoms with E-state index in [0.717, 1.165) is 77.1 Å². The van der Waals surface area contributed by atoms with Crippen molar-refractivity contribution in [3.63, 3.8) is 0 Å². The Morgan fingerprint density at radius 2 is 1.09 bits per heavy atom. The van der Waals surface area contributed by atoms with Gasteiger partial charge in [0, 0.05) is 61.5 Å². The first-order valence-corrected chi connectivity index (χ1v) is 23.5. The van der Waals surface area contributed by atoms with Gasteiger partial charge in [-0.05, 0) is 146 Å². The number of carboxylic acids is 1. The number of Topliss-reactive ketones (excluding diaryl/α,β-unsaturated/α-hetero) is 1. The molecule has 0 saturated heterocycles. The Bertz CT molecular complexity index is 2550. The number of hydrogen-bond acceptors (Lipinski definition) is 9. The van der Waals surface area contributed by atoms with Gasteiger partial charge in [0.2, 0.25) is 0 Å². The molecule has 0 bridgehead atoms. The number of aliphatic carboxylic acids is 1. The molecule has 10 nitrogen and oxygen atoms in total. The molecule has 5 aromatic rings. The maximum Gasteiger partial charge on any atom is 1.00 e. The van der Waals surface area contributed by atoms with Crippen LogP contribution in [-0.4, -0.2) is 61.6 Å². The van der Waals surface area contributed by atoms with E-state index in [0.29, 0.717) is 40.8 Å². The summed E-state index contributed by atoms with van der Waals surface area (Å²) in [6.07, 6.45) is 7.17. The number of halogens is 6. The molecule has 0 fully saturated rings. The average molecular weight is 1120 g/mol. The van der Waals surface area contributed by atoms with E-state index in [1.54, 1.807) is 18.2 Å². The van der Waals surface area contributed by atoms with Gasteiger partial charge in [0.25, 0.3) is 0 Å². The molecule has 1 aliphatic carbocycles. The minimum absolute atomic E-state index is 0. The smallest absolute Gasteiger partial charge is 0.870 e. The molecule has 2 N–H and O–H groups in total. The van der Waals surface area contributed by atoms with Gasteiger partial charge < -0.3 is 24.8 Å². The third kappa shape index (κ3) is 26.7. The standard InChI is InChI=1S/C11H13ClO2.C11H11ClO2.C10H11ClO2.C10H9ClO.C7H6BrCl.C4H6O2.Li.H2O/c2*1-8-3-5-10(12)9(7-8)4-6-11(13)14-2;1-7-2-4-9(11)8(6-7)3-5-10(12)13;1-6-2-4-8(11)7-3-5-9(12)10(6)7;1-5-2-3-7(9)6(8)4-5;1-3-4(5)6-2;;/h3,5,7H,4,6H2,1-2H3;3-7H,1-2H3;2,4,6H,3,5H2,1H3,(H,12,13);2,4H,3,5H2,1H3;2-4H,1H3;3H,1H2,2H3;;1H2/q;;;;;;+1;/p-1/b;6-4+;;;;;;. The van der Waals surface area contributed by atoms with Crippen molar-refractivity contribution in [1.29, 1.82) is 0 Å². The number of benzene rings is 5. The fraction of sp³-hybridized carbons (Fsp3) is 0.264. The largest absolute Gasteiger partial charge is 1.00 e. The minimum atomic E-state index is -0.794. The van der Waals surface area contributed by atoms with Gasteiger partial charge >= 0.3 is 42.7 Å². The van der Waals surface area contributed by atoms with Crippen LogP contribution in [0.2, 0.25) is 25.1 Å². The molecular formula is C53H57BrCl5LiO10. The number of rotatable bonds is 9. The van der Waals surface area contributed by atoms with Crippen LogP contribution in [0.1, 0.15) is 79.7 Å². The van der Waals surface area contributed by atoms with Crippen molar-refractivity contribution in [1.82, 2.24) is 0 Å². The summed E-state index contributed by atoms with van der Waals surface area (Å²) in [6, 6.07) is 26.7. The van der Waals surface area contributed by atoms with Gasteiger partial charge in [-0.25, -0.2) is 9.59 Å². The van der Waals surface area contributed by atoms with Gasteiger partial charge in [0.1, 0.15) is 0 Å². The zero-order valence-electron chi connectivity index (χ0n) is 40.7. The normalized spacial score (nSPS) is 10.3. The van der Waals surface area contributed by atoms with E-state index in [1.807, 2.05) is 107 Å². The molecule has 0 aromatic heterocycles. The maximum atomic E-state index is 11.4. The van der Waals surface area contributed by atoms with Gasteiger partial charge in [-0.2, -0.15) is 0 Å². The molecule has 0 unspecified atom stereocenters. The number of aryl methyl sites for hydroxylation is 7. The summed E-state index contributed by atoms with van der Waals surface area (Å²) in [6.45, 7) is 13.1. The molecule has 372 valence electrons. The number of fused-ring (bicyclic) bond motifs is 1. The van der Waals surface area contributed by atoms with Crippen LogP contribution in [0.4, 0.5) is 0 Å². The van der Waals surface area contributed by atoms with E-state index in [2.05, 4.69) is 36.7 Å². The number of ketones is 1. The molecular weight excluding hydrogens is 1060 g/mol. The molecule has 1 aliphatic rings. The van der Waals surface area contributed by atoms with E-state index in [-0.39, 0.29) is 48.5 Å². The summed E-state index contributed by atoms with van der Waals surface area (Å²) in [5, 5.41) is 12.0. The van der Waals surface area contributed by atoms with Gasteiger partial charge in [0.15, 0.2) is 5.78 Å². The first-order chi connectivity index (χ1) is 32.1. The summed E-state index contributed by atoms with van der Waals surface area (Å²) >= 11 is 32.8. The predicted molar refractivity (Wildman–Crippen MR) is 283 cm³/mol. The second-order valence-electron chi connectivity index (χ2n) is 14.8. The van der Waals surface area contributed by atoms with Crippen molar-refractivity contribution in [2.45, 2.75) is 73.1 Å². The molecule has 70 heavy (non-hydrogen) atoms. The van der Waals surface area contributed by atoms with E-state index in [1.165, 1.54) is 33.0 Å². The minimum Gasteiger partial charge on any atom is -0.870 e. The molecule has 5 aromatic carbocycles. The fourth-order valence-electron chi connectivity index (χ4n) is 5.81. The van der Waals surface area contributed by atoms with Crippen LogP contribution in [0.5, 0.6) is 0 Å². The average Bonchev–Trinajstić information content (AvgIpc) is 3.72. The van der Waals surface area contributed by atoms with Crippen LogP contribution >= 0.6 is 73.9 Å². The Morgan fingerprint density at radius 3 is 1.51 bits per heavy atom. The van der Waals surface area contributed by atoms with Gasteiger partial charge in [-0.15, -0.1) is 0 Å². The van der Waals surface area contributed by atoms with Gasteiger partial charge in [-0.1, -0.05) is 130 Å². The van der Waals surface area contributed by atoms with Crippen LogP contribution in [0.3, 0.4) is 0 Å². The number of hydrogen-bond donors (Lipinski definition) is 1. The first-order valence-electron chi connectivity index (χ1n) is 20.8. The van der Waals surface area contributed by atoms with Crippen molar-refractivity contribution >= 4 is 110 Å².